The maximum atomic E-state index is 6.09. The third-order valence-electron chi connectivity index (χ3n) is 4.34. The fourth-order valence-corrected chi connectivity index (χ4v) is 3.20. The lowest BCUT2D eigenvalue weighted by atomic mass is 9.72. The Labute approximate surface area is 100 Å². The van der Waals surface area contributed by atoms with Gasteiger partial charge in [-0.05, 0) is 25.3 Å². The number of hydrogen-bond acceptors (Lipinski definition) is 3. The Morgan fingerprint density at radius 3 is 2.69 bits per heavy atom. The molecule has 3 heteroatoms. The highest BCUT2D eigenvalue weighted by Crippen LogP contribution is 2.37. The van der Waals surface area contributed by atoms with Crippen molar-refractivity contribution >= 4 is 0 Å². The van der Waals surface area contributed by atoms with Crippen LogP contribution in [-0.2, 0) is 4.74 Å². The second kappa shape index (κ2) is 6.58. The molecule has 0 aromatic heterocycles. The highest BCUT2D eigenvalue weighted by atomic mass is 16.5. The molecule has 2 unspecified atom stereocenters. The van der Waals surface area contributed by atoms with Gasteiger partial charge in [-0.15, -0.1) is 0 Å². The molecule has 0 bridgehead atoms. The normalized spacial score (nSPS) is 30.9. The number of nitrogens with zero attached hydrogens (tertiary/aromatic N) is 1. The molecule has 96 valence electrons. The van der Waals surface area contributed by atoms with Gasteiger partial charge in [-0.1, -0.05) is 26.7 Å². The number of methoxy groups -OCH3 is 1. The molecule has 2 N–H and O–H groups in total. The predicted molar refractivity (Wildman–Crippen MR) is 68.5 cm³/mol. The van der Waals surface area contributed by atoms with Crippen molar-refractivity contribution in [3.8, 4) is 0 Å². The van der Waals surface area contributed by atoms with Gasteiger partial charge in [0.2, 0.25) is 0 Å². The molecule has 2 atom stereocenters. The lowest BCUT2D eigenvalue weighted by Gasteiger charge is -2.50. The zero-order valence-corrected chi connectivity index (χ0v) is 11.2. The number of ether oxygens (including phenoxy) is 1. The Kier molecular flexibility index (Phi) is 5.73. The van der Waals surface area contributed by atoms with E-state index in [1.165, 1.54) is 25.7 Å². The van der Waals surface area contributed by atoms with Crippen molar-refractivity contribution in [2.24, 2.45) is 11.7 Å². The number of rotatable bonds is 6. The van der Waals surface area contributed by atoms with Crippen LogP contribution >= 0.6 is 0 Å². The van der Waals surface area contributed by atoms with Gasteiger partial charge < -0.3 is 10.5 Å². The summed E-state index contributed by atoms with van der Waals surface area (Å²) in [6.07, 6.45) is 5.26. The molecule has 1 saturated carbocycles. The van der Waals surface area contributed by atoms with E-state index < -0.39 is 0 Å². The second-order valence-electron chi connectivity index (χ2n) is 5.03. The first-order valence-corrected chi connectivity index (χ1v) is 6.65. The Morgan fingerprint density at radius 1 is 1.44 bits per heavy atom. The van der Waals surface area contributed by atoms with Gasteiger partial charge in [0.15, 0.2) is 0 Å². The van der Waals surface area contributed by atoms with Gasteiger partial charge >= 0.3 is 0 Å². The summed E-state index contributed by atoms with van der Waals surface area (Å²) in [5.74, 6) is 0.711. The zero-order valence-electron chi connectivity index (χ0n) is 11.2. The summed E-state index contributed by atoms with van der Waals surface area (Å²) >= 11 is 0. The minimum Gasteiger partial charge on any atom is -0.383 e. The topological polar surface area (TPSA) is 38.5 Å². The summed E-state index contributed by atoms with van der Waals surface area (Å²) in [5.41, 5.74) is 6.32. The fraction of sp³-hybridized carbons (Fsp3) is 1.00. The minimum absolute atomic E-state index is 0.228. The monoisotopic (exact) mass is 228 g/mol. The van der Waals surface area contributed by atoms with Gasteiger partial charge in [0.1, 0.15) is 0 Å². The molecule has 1 aliphatic carbocycles. The molecule has 0 heterocycles. The van der Waals surface area contributed by atoms with Gasteiger partial charge in [0.25, 0.3) is 0 Å². The average molecular weight is 228 g/mol. The maximum Gasteiger partial charge on any atom is 0.0589 e. The fourth-order valence-electron chi connectivity index (χ4n) is 3.20. The first-order chi connectivity index (χ1) is 7.71. The molecule has 1 aliphatic rings. The summed E-state index contributed by atoms with van der Waals surface area (Å²) in [6.45, 7) is 8.27. The summed E-state index contributed by atoms with van der Waals surface area (Å²) < 4.78 is 5.21. The van der Waals surface area contributed by atoms with Crippen molar-refractivity contribution in [1.82, 2.24) is 4.90 Å². The highest BCUT2D eigenvalue weighted by molar-refractivity contribution is 4.98. The van der Waals surface area contributed by atoms with Crippen LogP contribution in [0.2, 0.25) is 0 Å². The van der Waals surface area contributed by atoms with Crippen molar-refractivity contribution < 1.29 is 4.74 Å². The van der Waals surface area contributed by atoms with Gasteiger partial charge in [-0.3, -0.25) is 4.90 Å². The molecule has 1 fully saturated rings. The van der Waals surface area contributed by atoms with E-state index in [9.17, 15) is 0 Å². The lowest BCUT2D eigenvalue weighted by molar-refractivity contribution is 0.00132. The lowest BCUT2D eigenvalue weighted by Crippen LogP contribution is -2.59. The molecular formula is C13H28N2O. The van der Waals surface area contributed by atoms with Crippen molar-refractivity contribution in [2.75, 3.05) is 33.4 Å². The summed E-state index contributed by atoms with van der Waals surface area (Å²) in [5, 5.41) is 0. The van der Waals surface area contributed by atoms with E-state index >= 15 is 0 Å². The van der Waals surface area contributed by atoms with Crippen molar-refractivity contribution in [3.63, 3.8) is 0 Å². The number of hydrogen-bond donors (Lipinski definition) is 1. The standard InChI is InChI=1S/C13H28N2O/c1-4-15(9-10-16-3)13(11-14)8-6-5-7-12(13)2/h12H,4-11,14H2,1-3H3. The van der Waals surface area contributed by atoms with Crippen LogP contribution < -0.4 is 5.73 Å². The van der Waals surface area contributed by atoms with E-state index in [0.29, 0.717) is 5.92 Å². The second-order valence-corrected chi connectivity index (χ2v) is 5.03. The van der Waals surface area contributed by atoms with Crippen LogP contribution in [0.15, 0.2) is 0 Å². The van der Waals surface area contributed by atoms with Crippen LogP contribution in [-0.4, -0.2) is 43.8 Å². The van der Waals surface area contributed by atoms with Crippen molar-refractivity contribution in [2.45, 2.75) is 45.1 Å². The Bertz CT molecular complexity index is 198. The van der Waals surface area contributed by atoms with Crippen LogP contribution in [0.3, 0.4) is 0 Å². The highest BCUT2D eigenvalue weighted by Gasteiger charge is 2.41. The van der Waals surface area contributed by atoms with E-state index in [1.54, 1.807) is 7.11 Å². The summed E-state index contributed by atoms with van der Waals surface area (Å²) in [6, 6.07) is 0. The van der Waals surface area contributed by atoms with Crippen molar-refractivity contribution in [1.29, 1.82) is 0 Å². The van der Waals surface area contributed by atoms with Crippen LogP contribution in [0.5, 0.6) is 0 Å². The van der Waals surface area contributed by atoms with Crippen LogP contribution in [0.25, 0.3) is 0 Å². The van der Waals surface area contributed by atoms with E-state index in [1.807, 2.05) is 0 Å². The smallest absolute Gasteiger partial charge is 0.0589 e. The molecule has 0 aromatic rings. The molecule has 0 aliphatic heterocycles. The Hall–Kier alpha value is -0.120. The zero-order chi connectivity index (χ0) is 12.0. The Morgan fingerprint density at radius 2 is 2.19 bits per heavy atom. The molecule has 0 saturated heterocycles. The third-order valence-corrected chi connectivity index (χ3v) is 4.34. The van der Waals surface area contributed by atoms with Gasteiger partial charge in [-0.25, -0.2) is 0 Å². The van der Waals surface area contributed by atoms with E-state index in [4.69, 9.17) is 10.5 Å². The molecule has 0 aromatic carbocycles. The minimum atomic E-state index is 0.228. The van der Waals surface area contributed by atoms with Gasteiger partial charge in [-0.2, -0.15) is 0 Å². The van der Waals surface area contributed by atoms with Crippen LogP contribution in [0.1, 0.15) is 39.5 Å². The van der Waals surface area contributed by atoms with E-state index in [-0.39, 0.29) is 5.54 Å². The van der Waals surface area contributed by atoms with Crippen molar-refractivity contribution in [3.05, 3.63) is 0 Å². The Balaban J connectivity index is 2.73. The third kappa shape index (κ3) is 2.76. The number of nitrogens with two attached hydrogens (primary N) is 1. The molecule has 0 amide bonds. The molecule has 16 heavy (non-hydrogen) atoms. The average Bonchev–Trinajstić information content (AvgIpc) is 2.32. The first kappa shape index (κ1) is 13.9. The van der Waals surface area contributed by atoms with Crippen LogP contribution in [0.4, 0.5) is 0 Å². The van der Waals surface area contributed by atoms with Gasteiger partial charge in [0.05, 0.1) is 6.61 Å². The van der Waals surface area contributed by atoms with E-state index in [2.05, 4.69) is 18.7 Å². The predicted octanol–water partition coefficient (Wildman–Crippen LogP) is 1.86. The SMILES string of the molecule is CCN(CCOC)C1(CN)CCCCC1C. The molecule has 3 nitrogen and oxygen atoms in total. The van der Waals surface area contributed by atoms with E-state index in [0.717, 1.165) is 26.2 Å². The first-order valence-electron chi connectivity index (χ1n) is 6.65. The number of likely N-dealkylation sites (N-methyl/N-ethyl adjacent to an activating group) is 1. The summed E-state index contributed by atoms with van der Waals surface area (Å²) in [4.78, 5) is 2.54. The maximum absolute atomic E-state index is 6.09. The van der Waals surface area contributed by atoms with Crippen LogP contribution in [0, 0.1) is 5.92 Å². The summed E-state index contributed by atoms with van der Waals surface area (Å²) in [7, 11) is 1.77. The molecule has 0 radical (unpaired) electrons. The molecule has 1 rings (SSSR count). The molecule has 0 spiro atoms. The largest absolute Gasteiger partial charge is 0.383 e. The quantitative estimate of drug-likeness (QED) is 0.754. The molecular weight excluding hydrogens is 200 g/mol. The van der Waals surface area contributed by atoms with Gasteiger partial charge in [0, 0.05) is 25.7 Å².